The normalized spacial score (nSPS) is 15.7. The topological polar surface area (TPSA) is 119 Å². The van der Waals surface area contributed by atoms with Gasteiger partial charge in [0.1, 0.15) is 0 Å². The molecule has 0 aromatic carbocycles. The standard InChI is InChI=1S/C11H15N5O4/c17-9(14-20)8-6-12-10(13-7-8)15-2-1-3-16(5-4-15)11(18)19/h6-7,20H,1-5H2,(H,14,17)(H,18,19). The molecule has 1 aromatic heterocycles. The number of nitrogens with one attached hydrogen (secondary N) is 1. The third kappa shape index (κ3) is 3.12. The van der Waals surface area contributed by atoms with E-state index in [1.165, 1.54) is 22.8 Å². The zero-order valence-corrected chi connectivity index (χ0v) is 10.7. The van der Waals surface area contributed by atoms with Gasteiger partial charge in [-0.15, -0.1) is 0 Å². The second-order valence-corrected chi connectivity index (χ2v) is 4.32. The summed E-state index contributed by atoms with van der Waals surface area (Å²) in [5, 5.41) is 17.5. The molecule has 0 aliphatic carbocycles. The van der Waals surface area contributed by atoms with Gasteiger partial charge in [0.25, 0.3) is 5.91 Å². The molecule has 3 N–H and O–H groups in total. The predicted octanol–water partition coefficient (Wildman–Crippen LogP) is -0.214. The minimum atomic E-state index is -0.928. The van der Waals surface area contributed by atoms with E-state index in [0.717, 1.165) is 0 Å². The molecular weight excluding hydrogens is 266 g/mol. The summed E-state index contributed by atoms with van der Waals surface area (Å²) >= 11 is 0. The number of carbonyl (C=O) groups is 2. The minimum Gasteiger partial charge on any atom is -0.465 e. The van der Waals surface area contributed by atoms with Gasteiger partial charge in [-0.1, -0.05) is 0 Å². The van der Waals surface area contributed by atoms with E-state index >= 15 is 0 Å². The van der Waals surface area contributed by atoms with Crippen molar-refractivity contribution in [3.63, 3.8) is 0 Å². The van der Waals surface area contributed by atoms with Crippen LogP contribution < -0.4 is 10.4 Å². The number of amides is 2. The number of nitrogens with zero attached hydrogens (tertiary/aromatic N) is 4. The van der Waals surface area contributed by atoms with Crippen molar-refractivity contribution in [1.29, 1.82) is 0 Å². The van der Waals surface area contributed by atoms with E-state index in [2.05, 4.69) is 9.97 Å². The zero-order valence-electron chi connectivity index (χ0n) is 10.7. The van der Waals surface area contributed by atoms with E-state index in [0.29, 0.717) is 38.5 Å². The molecule has 2 rings (SSSR count). The molecule has 108 valence electrons. The van der Waals surface area contributed by atoms with Crippen molar-refractivity contribution < 1.29 is 19.9 Å². The molecule has 0 saturated carbocycles. The highest BCUT2D eigenvalue weighted by atomic mass is 16.5. The highest BCUT2D eigenvalue weighted by Crippen LogP contribution is 2.11. The van der Waals surface area contributed by atoms with Gasteiger partial charge in [-0.25, -0.2) is 20.2 Å². The molecule has 1 aliphatic heterocycles. The Bertz CT molecular complexity index is 492. The largest absolute Gasteiger partial charge is 0.465 e. The first kappa shape index (κ1) is 14.0. The van der Waals surface area contributed by atoms with Gasteiger partial charge >= 0.3 is 6.09 Å². The summed E-state index contributed by atoms with van der Waals surface area (Å²) in [6.07, 6.45) is 2.39. The minimum absolute atomic E-state index is 0.151. The van der Waals surface area contributed by atoms with E-state index < -0.39 is 12.0 Å². The van der Waals surface area contributed by atoms with Crippen LogP contribution in [0.2, 0.25) is 0 Å². The van der Waals surface area contributed by atoms with Crippen molar-refractivity contribution in [3.05, 3.63) is 18.0 Å². The quantitative estimate of drug-likeness (QED) is 0.506. The van der Waals surface area contributed by atoms with Crippen LogP contribution in [0.3, 0.4) is 0 Å². The van der Waals surface area contributed by atoms with Gasteiger partial charge in [-0.2, -0.15) is 0 Å². The van der Waals surface area contributed by atoms with Crippen molar-refractivity contribution in [1.82, 2.24) is 20.3 Å². The fraction of sp³-hybridized carbons (Fsp3) is 0.455. The van der Waals surface area contributed by atoms with Crippen LogP contribution in [0.5, 0.6) is 0 Å². The van der Waals surface area contributed by atoms with Crippen LogP contribution in [0, 0.1) is 0 Å². The number of hydrogen-bond donors (Lipinski definition) is 3. The van der Waals surface area contributed by atoms with E-state index in [9.17, 15) is 9.59 Å². The number of carboxylic acid groups (broad SMARTS) is 1. The summed E-state index contributed by atoms with van der Waals surface area (Å²) < 4.78 is 0. The molecule has 2 amide bonds. The maximum Gasteiger partial charge on any atom is 0.407 e. The fourth-order valence-electron chi connectivity index (χ4n) is 1.98. The molecule has 0 bridgehead atoms. The van der Waals surface area contributed by atoms with Crippen molar-refractivity contribution >= 4 is 17.9 Å². The lowest BCUT2D eigenvalue weighted by atomic mass is 10.3. The summed E-state index contributed by atoms with van der Waals surface area (Å²) in [5.41, 5.74) is 1.66. The monoisotopic (exact) mass is 281 g/mol. The molecule has 9 heteroatoms. The molecule has 1 fully saturated rings. The Morgan fingerprint density at radius 3 is 2.45 bits per heavy atom. The van der Waals surface area contributed by atoms with Gasteiger partial charge in [0, 0.05) is 38.6 Å². The molecular formula is C11H15N5O4. The Labute approximate surface area is 114 Å². The lowest BCUT2D eigenvalue weighted by Crippen LogP contribution is -2.34. The number of hydroxylamine groups is 1. The smallest absolute Gasteiger partial charge is 0.407 e. The number of carbonyl (C=O) groups excluding carboxylic acids is 1. The Morgan fingerprint density at radius 2 is 1.85 bits per heavy atom. The molecule has 0 radical (unpaired) electrons. The first-order valence-corrected chi connectivity index (χ1v) is 6.11. The zero-order chi connectivity index (χ0) is 14.5. The number of hydrogen-bond acceptors (Lipinski definition) is 6. The van der Waals surface area contributed by atoms with Crippen LogP contribution in [-0.4, -0.2) is 63.4 Å². The maximum absolute atomic E-state index is 11.1. The van der Waals surface area contributed by atoms with Crippen LogP contribution in [-0.2, 0) is 0 Å². The number of rotatable bonds is 2. The van der Waals surface area contributed by atoms with Gasteiger partial charge in [0.05, 0.1) is 5.56 Å². The lowest BCUT2D eigenvalue weighted by Gasteiger charge is -2.20. The summed E-state index contributed by atoms with van der Waals surface area (Å²) in [4.78, 5) is 33.4. The van der Waals surface area contributed by atoms with Crippen LogP contribution in [0.1, 0.15) is 16.8 Å². The second-order valence-electron chi connectivity index (χ2n) is 4.32. The van der Waals surface area contributed by atoms with Crippen molar-refractivity contribution in [2.45, 2.75) is 6.42 Å². The average Bonchev–Trinajstić information content (AvgIpc) is 2.72. The molecule has 1 aromatic rings. The van der Waals surface area contributed by atoms with E-state index in [-0.39, 0.29) is 5.56 Å². The summed E-state index contributed by atoms with van der Waals surface area (Å²) in [5.74, 6) is -0.240. The van der Waals surface area contributed by atoms with E-state index in [1.807, 2.05) is 4.90 Å². The van der Waals surface area contributed by atoms with Crippen LogP contribution in [0.25, 0.3) is 0 Å². The van der Waals surface area contributed by atoms with Gasteiger partial charge < -0.3 is 14.9 Å². The Kier molecular flexibility index (Phi) is 4.31. The molecule has 1 aliphatic rings. The van der Waals surface area contributed by atoms with E-state index in [4.69, 9.17) is 10.3 Å². The average molecular weight is 281 g/mol. The Balaban J connectivity index is 2.04. The molecule has 0 spiro atoms. The molecule has 9 nitrogen and oxygen atoms in total. The summed E-state index contributed by atoms with van der Waals surface area (Å²) in [6.45, 7) is 2.02. The predicted molar refractivity (Wildman–Crippen MR) is 67.7 cm³/mol. The molecule has 20 heavy (non-hydrogen) atoms. The van der Waals surface area contributed by atoms with Crippen LogP contribution in [0.15, 0.2) is 12.4 Å². The van der Waals surface area contributed by atoms with Crippen molar-refractivity contribution in [2.24, 2.45) is 0 Å². The third-order valence-electron chi connectivity index (χ3n) is 3.05. The van der Waals surface area contributed by atoms with E-state index in [1.54, 1.807) is 0 Å². The summed E-state index contributed by atoms with van der Waals surface area (Å²) in [7, 11) is 0. The second kappa shape index (κ2) is 6.15. The fourth-order valence-corrected chi connectivity index (χ4v) is 1.98. The van der Waals surface area contributed by atoms with Gasteiger partial charge in [-0.05, 0) is 6.42 Å². The molecule has 0 unspecified atom stereocenters. The highest BCUT2D eigenvalue weighted by Gasteiger charge is 2.19. The van der Waals surface area contributed by atoms with Crippen LogP contribution >= 0.6 is 0 Å². The third-order valence-corrected chi connectivity index (χ3v) is 3.05. The highest BCUT2D eigenvalue weighted by molar-refractivity contribution is 5.92. The maximum atomic E-state index is 11.1. The lowest BCUT2D eigenvalue weighted by molar-refractivity contribution is 0.0705. The number of anilines is 1. The first-order valence-electron chi connectivity index (χ1n) is 6.11. The molecule has 1 saturated heterocycles. The SMILES string of the molecule is O=C(NO)c1cnc(N2CCCN(C(=O)O)CC2)nc1. The number of aromatic nitrogens is 2. The van der Waals surface area contributed by atoms with Crippen LogP contribution in [0.4, 0.5) is 10.7 Å². The molecule has 2 heterocycles. The van der Waals surface area contributed by atoms with Gasteiger partial charge in [0.2, 0.25) is 5.95 Å². The van der Waals surface area contributed by atoms with Crippen molar-refractivity contribution in [2.75, 3.05) is 31.1 Å². The Hall–Kier alpha value is -2.42. The summed E-state index contributed by atoms with van der Waals surface area (Å²) in [6, 6.07) is 0. The van der Waals surface area contributed by atoms with Gasteiger partial charge in [0.15, 0.2) is 0 Å². The van der Waals surface area contributed by atoms with Crippen molar-refractivity contribution in [3.8, 4) is 0 Å². The van der Waals surface area contributed by atoms with Gasteiger partial charge in [-0.3, -0.25) is 10.0 Å². The Morgan fingerprint density at radius 1 is 1.15 bits per heavy atom. The first-order chi connectivity index (χ1) is 9.61. The molecule has 0 atom stereocenters.